The number of H-pyrrole nitrogens is 1. The summed E-state index contributed by atoms with van der Waals surface area (Å²) in [6.45, 7) is 6.72. The Bertz CT molecular complexity index is 560. The van der Waals surface area contributed by atoms with Gasteiger partial charge in [0, 0.05) is 28.2 Å². The molecule has 1 atom stereocenters. The highest BCUT2D eigenvalue weighted by Crippen LogP contribution is 2.35. The maximum absolute atomic E-state index is 3.74. The van der Waals surface area contributed by atoms with Crippen LogP contribution in [0.5, 0.6) is 0 Å². The molecule has 2 N–H and O–H groups in total. The Morgan fingerprint density at radius 2 is 2.00 bits per heavy atom. The fourth-order valence-electron chi connectivity index (χ4n) is 3.08. The predicted molar refractivity (Wildman–Crippen MR) is 76.9 cm³/mol. The summed E-state index contributed by atoms with van der Waals surface area (Å²) in [6, 6.07) is 9.14. The maximum atomic E-state index is 3.74. The first-order valence-electron chi connectivity index (χ1n) is 6.92. The molecule has 2 nitrogen and oxygen atoms in total. The molecule has 1 aliphatic carbocycles. The number of aromatic amines is 1. The molecular weight excluding hydrogens is 220 g/mol. The third-order valence-corrected chi connectivity index (χ3v) is 3.72. The van der Waals surface area contributed by atoms with Gasteiger partial charge in [0.15, 0.2) is 0 Å². The monoisotopic (exact) mass is 242 g/mol. The lowest BCUT2D eigenvalue weighted by Gasteiger charge is -2.31. The second-order valence-electron chi connectivity index (χ2n) is 6.40. The summed E-state index contributed by atoms with van der Waals surface area (Å²) in [5.41, 5.74) is 4.39. The molecule has 0 bridgehead atoms. The number of benzene rings is 1. The lowest BCUT2D eigenvalue weighted by molar-refractivity contribution is 0.333. The number of fused-ring (bicyclic) bond motifs is 3. The molecular formula is C16H22N2. The van der Waals surface area contributed by atoms with Crippen LogP contribution in [0.15, 0.2) is 24.3 Å². The summed E-state index contributed by atoms with van der Waals surface area (Å²) in [6.07, 6.45) is 3.72. The highest BCUT2D eigenvalue weighted by molar-refractivity contribution is 5.85. The molecule has 2 heteroatoms. The molecule has 3 rings (SSSR count). The zero-order chi connectivity index (χ0) is 12.8. The van der Waals surface area contributed by atoms with Gasteiger partial charge in [-0.2, -0.15) is 0 Å². The molecule has 0 radical (unpaired) electrons. The third kappa shape index (κ3) is 2.05. The topological polar surface area (TPSA) is 27.8 Å². The van der Waals surface area contributed by atoms with Crippen LogP contribution < -0.4 is 5.32 Å². The molecule has 96 valence electrons. The van der Waals surface area contributed by atoms with E-state index < -0.39 is 0 Å². The summed E-state index contributed by atoms with van der Waals surface area (Å²) in [4.78, 5) is 3.63. The quantitative estimate of drug-likeness (QED) is 0.779. The van der Waals surface area contributed by atoms with Crippen LogP contribution in [-0.4, -0.2) is 10.5 Å². The Labute approximate surface area is 109 Å². The molecule has 0 saturated carbocycles. The zero-order valence-electron chi connectivity index (χ0n) is 11.5. The minimum Gasteiger partial charge on any atom is -0.357 e. The summed E-state index contributed by atoms with van der Waals surface area (Å²) in [5.74, 6) is 0. The molecule has 1 aromatic carbocycles. The van der Waals surface area contributed by atoms with Gasteiger partial charge in [0.1, 0.15) is 0 Å². The van der Waals surface area contributed by atoms with Crippen molar-refractivity contribution < 1.29 is 0 Å². The van der Waals surface area contributed by atoms with Crippen molar-refractivity contribution in [3.05, 3.63) is 35.5 Å². The van der Waals surface area contributed by atoms with Crippen LogP contribution in [0, 0.1) is 0 Å². The first kappa shape index (κ1) is 11.8. The zero-order valence-corrected chi connectivity index (χ0v) is 11.5. The van der Waals surface area contributed by atoms with E-state index in [9.17, 15) is 0 Å². The van der Waals surface area contributed by atoms with Gasteiger partial charge in [-0.15, -0.1) is 0 Å². The Balaban J connectivity index is 2.05. The second kappa shape index (κ2) is 4.13. The van der Waals surface area contributed by atoms with E-state index in [-0.39, 0.29) is 5.54 Å². The molecule has 1 heterocycles. The lowest BCUT2D eigenvalue weighted by Crippen LogP contribution is -2.40. The summed E-state index contributed by atoms with van der Waals surface area (Å²) >= 11 is 0. The van der Waals surface area contributed by atoms with Crippen molar-refractivity contribution in [1.82, 2.24) is 10.3 Å². The Morgan fingerprint density at radius 1 is 1.22 bits per heavy atom. The van der Waals surface area contributed by atoms with Gasteiger partial charge in [-0.25, -0.2) is 0 Å². The summed E-state index contributed by atoms with van der Waals surface area (Å²) < 4.78 is 0. The molecule has 1 unspecified atom stereocenters. The van der Waals surface area contributed by atoms with E-state index in [0.717, 1.165) is 0 Å². The Kier molecular flexibility index (Phi) is 2.70. The highest BCUT2D eigenvalue weighted by Gasteiger charge is 2.26. The number of hydrogen-bond donors (Lipinski definition) is 2. The van der Waals surface area contributed by atoms with Gasteiger partial charge in [-0.05, 0) is 51.7 Å². The molecule has 2 aromatic rings. The fraction of sp³-hybridized carbons (Fsp3) is 0.500. The molecule has 0 spiro atoms. The van der Waals surface area contributed by atoms with E-state index in [1.807, 2.05) is 0 Å². The van der Waals surface area contributed by atoms with Crippen molar-refractivity contribution in [2.75, 3.05) is 0 Å². The first-order valence-corrected chi connectivity index (χ1v) is 6.92. The van der Waals surface area contributed by atoms with Crippen LogP contribution in [-0.2, 0) is 6.42 Å². The predicted octanol–water partition coefficient (Wildman–Crippen LogP) is 3.93. The van der Waals surface area contributed by atoms with Crippen molar-refractivity contribution in [3.63, 3.8) is 0 Å². The van der Waals surface area contributed by atoms with Crippen LogP contribution in [0.1, 0.15) is 50.9 Å². The Hall–Kier alpha value is -1.28. The van der Waals surface area contributed by atoms with Crippen LogP contribution in [0.3, 0.4) is 0 Å². The average Bonchev–Trinajstić information content (AvgIpc) is 2.67. The third-order valence-electron chi connectivity index (χ3n) is 3.72. The molecule has 18 heavy (non-hydrogen) atoms. The van der Waals surface area contributed by atoms with Crippen LogP contribution in [0.25, 0.3) is 10.9 Å². The van der Waals surface area contributed by atoms with Gasteiger partial charge in [0.25, 0.3) is 0 Å². The normalized spacial score (nSPS) is 20.1. The van der Waals surface area contributed by atoms with Crippen LogP contribution in [0.4, 0.5) is 0 Å². The van der Waals surface area contributed by atoms with E-state index in [2.05, 4.69) is 55.3 Å². The van der Waals surface area contributed by atoms with Gasteiger partial charge >= 0.3 is 0 Å². The standard InChI is InChI=1S/C16H22N2/c1-16(2,3)18-14-10-6-8-12-11-7-4-5-9-13(11)17-15(12)14/h4-5,7,9,14,17-18H,6,8,10H2,1-3H3. The number of rotatable bonds is 1. The molecule has 0 aliphatic heterocycles. The molecule has 1 aliphatic rings. The number of hydrogen-bond acceptors (Lipinski definition) is 1. The summed E-state index contributed by atoms with van der Waals surface area (Å²) in [5, 5.41) is 5.15. The number of aryl methyl sites for hydroxylation is 1. The number of para-hydroxylation sites is 1. The minimum absolute atomic E-state index is 0.163. The lowest BCUT2D eigenvalue weighted by atomic mass is 9.90. The van der Waals surface area contributed by atoms with Gasteiger partial charge in [0.05, 0.1) is 0 Å². The van der Waals surface area contributed by atoms with Gasteiger partial charge in [0.2, 0.25) is 0 Å². The fourth-order valence-corrected chi connectivity index (χ4v) is 3.08. The smallest absolute Gasteiger partial charge is 0.0480 e. The largest absolute Gasteiger partial charge is 0.357 e. The van der Waals surface area contributed by atoms with E-state index in [1.54, 1.807) is 0 Å². The van der Waals surface area contributed by atoms with Crippen molar-refractivity contribution in [2.24, 2.45) is 0 Å². The average molecular weight is 242 g/mol. The van der Waals surface area contributed by atoms with Gasteiger partial charge in [-0.1, -0.05) is 18.2 Å². The first-order chi connectivity index (χ1) is 8.54. The van der Waals surface area contributed by atoms with Gasteiger partial charge < -0.3 is 10.3 Å². The van der Waals surface area contributed by atoms with Crippen molar-refractivity contribution in [2.45, 2.75) is 51.6 Å². The summed E-state index contributed by atoms with van der Waals surface area (Å²) in [7, 11) is 0. The maximum Gasteiger partial charge on any atom is 0.0480 e. The second-order valence-corrected chi connectivity index (χ2v) is 6.40. The SMILES string of the molecule is CC(C)(C)NC1CCCc2c1[nH]c1ccccc21. The van der Waals surface area contributed by atoms with E-state index >= 15 is 0 Å². The van der Waals surface area contributed by atoms with Gasteiger partial charge in [-0.3, -0.25) is 0 Å². The highest BCUT2D eigenvalue weighted by atomic mass is 15.0. The molecule has 0 saturated heterocycles. The minimum atomic E-state index is 0.163. The van der Waals surface area contributed by atoms with E-state index in [1.165, 1.54) is 41.4 Å². The van der Waals surface area contributed by atoms with Crippen LogP contribution in [0.2, 0.25) is 0 Å². The van der Waals surface area contributed by atoms with Crippen LogP contribution >= 0.6 is 0 Å². The molecule has 0 fully saturated rings. The molecule has 0 amide bonds. The van der Waals surface area contributed by atoms with E-state index in [4.69, 9.17) is 0 Å². The molecule has 1 aromatic heterocycles. The van der Waals surface area contributed by atoms with Crippen molar-refractivity contribution in [3.8, 4) is 0 Å². The number of aromatic nitrogens is 1. The van der Waals surface area contributed by atoms with Crippen molar-refractivity contribution in [1.29, 1.82) is 0 Å². The van der Waals surface area contributed by atoms with E-state index in [0.29, 0.717) is 6.04 Å². The Morgan fingerprint density at radius 3 is 2.78 bits per heavy atom. The number of nitrogens with one attached hydrogen (secondary N) is 2. The van der Waals surface area contributed by atoms with Crippen molar-refractivity contribution >= 4 is 10.9 Å².